The molecule has 3 aliphatic rings. The fourth-order valence-electron chi connectivity index (χ4n) is 3.72. The van der Waals surface area contributed by atoms with E-state index in [4.69, 9.17) is 0 Å². The molecule has 0 unspecified atom stereocenters. The Morgan fingerprint density at radius 3 is 2.74 bits per heavy atom. The van der Waals surface area contributed by atoms with E-state index in [9.17, 15) is 13.2 Å². The molecule has 1 amide bonds. The van der Waals surface area contributed by atoms with Crippen LogP contribution in [0.1, 0.15) is 24.8 Å². The van der Waals surface area contributed by atoms with Gasteiger partial charge in [-0.05, 0) is 36.8 Å². The van der Waals surface area contributed by atoms with Crippen molar-refractivity contribution in [3.63, 3.8) is 0 Å². The topological polar surface area (TPSA) is 70.6 Å². The maximum absolute atomic E-state index is 12.8. The second-order valence-corrected chi connectivity index (χ2v) is 9.05. The van der Waals surface area contributed by atoms with Gasteiger partial charge in [0.15, 0.2) is 0 Å². The molecule has 2 aliphatic heterocycles. The van der Waals surface area contributed by atoms with Gasteiger partial charge >= 0.3 is 0 Å². The summed E-state index contributed by atoms with van der Waals surface area (Å²) in [6.45, 7) is 2.15. The Morgan fingerprint density at radius 2 is 2.04 bits per heavy atom. The molecule has 0 radical (unpaired) electrons. The molecule has 3 heterocycles. The van der Waals surface area contributed by atoms with Gasteiger partial charge in [-0.3, -0.25) is 9.78 Å². The van der Waals surface area contributed by atoms with E-state index in [2.05, 4.69) is 4.98 Å². The lowest BCUT2D eigenvalue weighted by Crippen LogP contribution is -2.44. The number of pyridine rings is 1. The Labute approximate surface area is 136 Å². The van der Waals surface area contributed by atoms with Crippen molar-refractivity contribution in [2.75, 3.05) is 19.6 Å². The van der Waals surface area contributed by atoms with E-state index in [1.165, 1.54) is 0 Å². The van der Waals surface area contributed by atoms with Crippen LogP contribution in [0.15, 0.2) is 24.5 Å². The summed E-state index contributed by atoms with van der Waals surface area (Å²) >= 11 is 0. The van der Waals surface area contributed by atoms with Crippen molar-refractivity contribution in [3.05, 3.63) is 30.1 Å². The molecule has 4 rings (SSSR count). The Bertz CT molecular complexity index is 703. The van der Waals surface area contributed by atoms with Crippen molar-refractivity contribution in [3.8, 4) is 0 Å². The summed E-state index contributed by atoms with van der Waals surface area (Å²) < 4.78 is 26.4. The maximum Gasteiger partial charge on any atom is 0.227 e. The van der Waals surface area contributed by atoms with Crippen LogP contribution >= 0.6 is 0 Å². The second kappa shape index (κ2) is 5.56. The monoisotopic (exact) mass is 335 g/mol. The number of hydrogen-bond donors (Lipinski definition) is 0. The lowest BCUT2D eigenvalue weighted by atomic mass is 9.88. The molecular formula is C16H21N3O3S. The first-order valence-corrected chi connectivity index (χ1v) is 9.72. The van der Waals surface area contributed by atoms with Gasteiger partial charge in [-0.15, -0.1) is 0 Å². The molecule has 6 nitrogen and oxygen atoms in total. The summed E-state index contributed by atoms with van der Waals surface area (Å²) in [5, 5.41) is -0.191. The quantitative estimate of drug-likeness (QED) is 0.818. The van der Waals surface area contributed by atoms with Crippen LogP contribution in [0.25, 0.3) is 0 Å². The Kier molecular flexibility index (Phi) is 3.65. The average molecular weight is 335 g/mol. The molecular weight excluding hydrogens is 314 g/mol. The highest BCUT2D eigenvalue weighted by Gasteiger charge is 2.49. The van der Waals surface area contributed by atoms with E-state index in [0.717, 1.165) is 24.8 Å². The summed E-state index contributed by atoms with van der Waals surface area (Å²) in [5.41, 5.74) is 1.01. The Balaban J connectivity index is 1.46. The van der Waals surface area contributed by atoms with E-state index >= 15 is 0 Å². The van der Waals surface area contributed by atoms with Crippen LogP contribution in [-0.4, -0.2) is 53.4 Å². The van der Waals surface area contributed by atoms with Gasteiger partial charge in [0.1, 0.15) is 0 Å². The number of sulfonamides is 1. The number of amides is 1. The van der Waals surface area contributed by atoms with Gasteiger partial charge in [-0.25, -0.2) is 12.7 Å². The molecule has 23 heavy (non-hydrogen) atoms. The van der Waals surface area contributed by atoms with Crippen molar-refractivity contribution >= 4 is 15.9 Å². The number of rotatable bonds is 4. The molecule has 1 aromatic heterocycles. The molecule has 2 saturated heterocycles. The van der Waals surface area contributed by atoms with Crippen molar-refractivity contribution in [2.24, 2.45) is 11.8 Å². The van der Waals surface area contributed by atoms with E-state index < -0.39 is 10.0 Å². The SMILES string of the molecule is O=C1[C@H]2CN(S(=O)(=O)C3CC3)C[C@H]2CCN1Cc1cccnc1. The van der Waals surface area contributed by atoms with E-state index in [0.29, 0.717) is 26.2 Å². The number of piperidine rings is 1. The van der Waals surface area contributed by atoms with Crippen LogP contribution in [0.3, 0.4) is 0 Å². The van der Waals surface area contributed by atoms with Gasteiger partial charge in [-0.2, -0.15) is 0 Å². The van der Waals surface area contributed by atoms with E-state index in [1.54, 1.807) is 16.7 Å². The summed E-state index contributed by atoms with van der Waals surface area (Å²) in [4.78, 5) is 18.7. The van der Waals surface area contributed by atoms with E-state index in [1.807, 2.05) is 17.0 Å². The number of nitrogens with zero attached hydrogens (tertiary/aromatic N) is 3. The highest BCUT2D eigenvalue weighted by Crippen LogP contribution is 2.38. The number of carbonyl (C=O) groups excluding carboxylic acids is 1. The van der Waals surface area contributed by atoms with Crippen molar-refractivity contribution < 1.29 is 13.2 Å². The summed E-state index contributed by atoms with van der Waals surface area (Å²) in [6.07, 6.45) is 5.92. The molecule has 2 atom stereocenters. The zero-order valence-electron chi connectivity index (χ0n) is 13.0. The number of fused-ring (bicyclic) bond motifs is 1. The minimum Gasteiger partial charge on any atom is -0.338 e. The first kappa shape index (κ1) is 15.1. The zero-order valence-corrected chi connectivity index (χ0v) is 13.8. The largest absolute Gasteiger partial charge is 0.338 e. The second-order valence-electron chi connectivity index (χ2n) is 6.84. The van der Waals surface area contributed by atoms with Crippen LogP contribution < -0.4 is 0 Å². The average Bonchev–Trinajstić information content (AvgIpc) is 3.31. The van der Waals surface area contributed by atoms with Crippen molar-refractivity contribution in [1.29, 1.82) is 0 Å². The van der Waals surface area contributed by atoms with Gasteiger partial charge in [0.05, 0.1) is 11.2 Å². The van der Waals surface area contributed by atoms with Gasteiger partial charge in [0, 0.05) is 38.6 Å². The fourth-order valence-corrected chi connectivity index (χ4v) is 5.64. The smallest absolute Gasteiger partial charge is 0.227 e. The minimum absolute atomic E-state index is 0.0959. The predicted octanol–water partition coefficient (Wildman–Crippen LogP) is 0.854. The standard InChI is InChI=1S/C16H21N3O3S/c20-16-15-11-19(23(21,22)14-3-4-14)10-13(15)5-7-18(16)9-12-2-1-6-17-8-12/h1-2,6,8,13-15H,3-5,7,9-11H2/t13-,15+/m1/s1. The van der Waals surface area contributed by atoms with Crippen LogP contribution in [0, 0.1) is 11.8 Å². The molecule has 124 valence electrons. The van der Waals surface area contributed by atoms with Crippen molar-refractivity contribution in [2.45, 2.75) is 31.1 Å². The first-order chi connectivity index (χ1) is 11.1. The lowest BCUT2D eigenvalue weighted by molar-refractivity contribution is -0.140. The minimum atomic E-state index is -3.17. The Hall–Kier alpha value is -1.47. The molecule has 0 bridgehead atoms. The van der Waals surface area contributed by atoms with Crippen LogP contribution in [0.5, 0.6) is 0 Å². The first-order valence-electron chi connectivity index (χ1n) is 8.22. The third-order valence-electron chi connectivity index (χ3n) is 5.21. The molecule has 0 spiro atoms. The molecule has 0 aromatic carbocycles. The predicted molar refractivity (Wildman–Crippen MR) is 84.8 cm³/mol. The summed E-state index contributed by atoms with van der Waals surface area (Å²) in [5.74, 6) is 0.105. The number of likely N-dealkylation sites (tertiary alicyclic amines) is 1. The number of carbonyl (C=O) groups is 1. The fraction of sp³-hybridized carbons (Fsp3) is 0.625. The Morgan fingerprint density at radius 1 is 1.22 bits per heavy atom. The van der Waals surface area contributed by atoms with Crippen LogP contribution in [-0.2, 0) is 21.4 Å². The number of aromatic nitrogens is 1. The maximum atomic E-state index is 12.8. The highest BCUT2D eigenvalue weighted by molar-refractivity contribution is 7.90. The van der Waals surface area contributed by atoms with E-state index in [-0.39, 0.29) is 23.0 Å². The van der Waals surface area contributed by atoms with Crippen LogP contribution in [0.4, 0.5) is 0 Å². The molecule has 1 aliphatic carbocycles. The lowest BCUT2D eigenvalue weighted by Gasteiger charge is -2.33. The van der Waals surface area contributed by atoms with Gasteiger partial charge in [0.2, 0.25) is 15.9 Å². The molecule has 1 aromatic rings. The normalized spacial score (nSPS) is 28.9. The highest BCUT2D eigenvalue weighted by atomic mass is 32.2. The van der Waals surface area contributed by atoms with Crippen LogP contribution in [0.2, 0.25) is 0 Å². The molecule has 0 N–H and O–H groups in total. The summed E-state index contributed by atoms with van der Waals surface area (Å²) in [7, 11) is -3.17. The van der Waals surface area contributed by atoms with Gasteiger partial charge in [-0.1, -0.05) is 6.07 Å². The zero-order chi connectivity index (χ0) is 16.0. The molecule has 7 heteroatoms. The summed E-state index contributed by atoms with van der Waals surface area (Å²) in [6, 6.07) is 3.83. The molecule has 1 saturated carbocycles. The van der Waals surface area contributed by atoms with Crippen molar-refractivity contribution in [1.82, 2.24) is 14.2 Å². The van der Waals surface area contributed by atoms with Gasteiger partial charge < -0.3 is 4.90 Å². The number of hydrogen-bond acceptors (Lipinski definition) is 4. The van der Waals surface area contributed by atoms with Gasteiger partial charge in [0.25, 0.3) is 0 Å². The molecule has 3 fully saturated rings. The third-order valence-corrected chi connectivity index (χ3v) is 7.54. The third kappa shape index (κ3) is 2.76.